The first-order chi connectivity index (χ1) is 8.10. The van der Waals surface area contributed by atoms with E-state index in [0.717, 1.165) is 52.4 Å². The zero-order chi connectivity index (χ0) is 12.3. The van der Waals surface area contributed by atoms with Gasteiger partial charge in [-0.1, -0.05) is 0 Å². The molecule has 2 fully saturated rings. The Kier molecular flexibility index (Phi) is 4.01. The summed E-state index contributed by atoms with van der Waals surface area (Å²) in [4.78, 5) is 15.8. The van der Waals surface area contributed by atoms with E-state index in [-0.39, 0.29) is 0 Å². The number of rotatable bonds is 4. The summed E-state index contributed by atoms with van der Waals surface area (Å²) in [5.41, 5.74) is -0.537. The molecule has 0 aromatic heterocycles. The molecular formula is C12H22N2O3. The van der Waals surface area contributed by atoms with Crippen molar-refractivity contribution in [1.82, 2.24) is 9.80 Å². The number of morpholine rings is 1. The van der Waals surface area contributed by atoms with Gasteiger partial charge in [0.2, 0.25) is 0 Å². The molecule has 5 nitrogen and oxygen atoms in total. The SMILES string of the molecule is CC1(C(=O)O)CCN(CCN2CCOCC2)C1. The molecule has 5 heteroatoms. The number of aliphatic carboxylic acids is 1. The molecule has 0 spiro atoms. The molecule has 0 amide bonds. The lowest BCUT2D eigenvalue weighted by molar-refractivity contribution is -0.147. The maximum absolute atomic E-state index is 11.1. The topological polar surface area (TPSA) is 53.0 Å². The Labute approximate surface area is 102 Å². The van der Waals surface area contributed by atoms with Crippen LogP contribution in [0.25, 0.3) is 0 Å². The molecule has 98 valence electrons. The zero-order valence-electron chi connectivity index (χ0n) is 10.5. The van der Waals surface area contributed by atoms with Crippen LogP contribution in [0.1, 0.15) is 13.3 Å². The van der Waals surface area contributed by atoms with Gasteiger partial charge in [-0.25, -0.2) is 0 Å². The van der Waals surface area contributed by atoms with E-state index in [2.05, 4.69) is 9.80 Å². The van der Waals surface area contributed by atoms with Gasteiger partial charge in [0.25, 0.3) is 0 Å². The van der Waals surface area contributed by atoms with Crippen molar-refractivity contribution in [3.05, 3.63) is 0 Å². The van der Waals surface area contributed by atoms with Gasteiger partial charge >= 0.3 is 5.97 Å². The van der Waals surface area contributed by atoms with Crippen molar-refractivity contribution in [2.24, 2.45) is 5.41 Å². The number of hydrogen-bond acceptors (Lipinski definition) is 4. The van der Waals surface area contributed by atoms with Gasteiger partial charge in [-0.3, -0.25) is 9.69 Å². The molecule has 1 atom stereocenters. The van der Waals surface area contributed by atoms with E-state index >= 15 is 0 Å². The minimum Gasteiger partial charge on any atom is -0.481 e. The van der Waals surface area contributed by atoms with E-state index in [1.807, 2.05) is 6.92 Å². The Morgan fingerprint density at radius 3 is 2.47 bits per heavy atom. The van der Waals surface area contributed by atoms with Crippen LogP contribution in [-0.2, 0) is 9.53 Å². The van der Waals surface area contributed by atoms with E-state index in [0.29, 0.717) is 6.54 Å². The second-order valence-electron chi connectivity index (χ2n) is 5.35. The minimum atomic E-state index is -0.661. The third-order valence-corrected chi connectivity index (χ3v) is 3.90. The van der Waals surface area contributed by atoms with E-state index in [1.165, 1.54) is 0 Å². The quantitative estimate of drug-likeness (QED) is 0.758. The van der Waals surface area contributed by atoms with Gasteiger partial charge < -0.3 is 14.7 Å². The molecule has 0 bridgehead atoms. The van der Waals surface area contributed by atoms with Gasteiger partial charge in [0.1, 0.15) is 0 Å². The van der Waals surface area contributed by atoms with Gasteiger partial charge in [0, 0.05) is 32.7 Å². The molecule has 0 saturated carbocycles. The van der Waals surface area contributed by atoms with E-state index in [9.17, 15) is 4.79 Å². The number of carbonyl (C=O) groups is 1. The van der Waals surface area contributed by atoms with Crippen molar-refractivity contribution in [3.8, 4) is 0 Å². The molecular weight excluding hydrogens is 220 g/mol. The lowest BCUT2D eigenvalue weighted by Gasteiger charge is -2.28. The second-order valence-corrected chi connectivity index (χ2v) is 5.35. The fourth-order valence-electron chi connectivity index (χ4n) is 2.53. The normalized spacial score (nSPS) is 31.8. The minimum absolute atomic E-state index is 0.537. The summed E-state index contributed by atoms with van der Waals surface area (Å²) in [5.74, 6) is -0.661. The van der Waals surface area contributed by atoms with Gasteiger partial charge in [0.05, 0.1) is 18.6 Å². The highest BCUT2D eigenvalue weighted by molar-refractivity contribution is 5.74. The van der Waals surface area contributed by atoms with Crippen LogP contribution in [0, 0.1) is 5.41 Å². The fourth-order valence-corrected chi connectivity index (χ4v) is 2.53. The Morgan fingerprint density at radius 1 is 1.24 bits per heavy atom. The van der Waals surface area contributed by atoms with Crippen LogP contribution in [0.5, 0.6) is 0 Å². The Morgan fingerprint density at radius 2 is 1.88 bits per heavy atom. The van der Waals surface area contributed by atoms with E-state index in [1.54, 1.807) is 0 Å². The molecule has 0 aromatic carbocycles. The first-order valence-corrected chi connectivity index (χ1v) is 6.36. The smallest absolute Gasteiger partial charge is 0.310 e. The first-order valence-electron chi connectivity index (χ1n) is 6.36. The van der Waals surface area contributed by atoms with Gasteiger partial charge in [-0.2, -0.15) is 0 Å². The number of likely N-dealkylation sites (tertiary alicyclic amines) is 1. The van der Waals surface area contributed by atoms with Gasteiger partial charge in [0.15, 0.2) is 0 Å². The maximum Gasteiger partial charge on any atom is 0.310 e. The standard InChI is InChI=1S/C12H22N2O3/c1-12(11(15)16)2-3-14(10-12)5-4-13-6-8-17-9-7-13/h2-10H2,1H3,(H,15,16). The number of nitrogens with zero attached hydrogens (tertiary/aromatic N) is 2. The molecule has 0 aliphatic carbocycles. The highest BCUT2D eigenvalue weighted by atomic mass is 16.5. The lowest BCUT2D eigenvalue weighted by Crippen LogP contribution is -2.41. The van der Waals surface area contributed by atoms with Crippen LogP contribution in [0.3, 0.4) is 0 Å². The van der Waals surface area contributed by atoms with Crippen LogP contribution in [-0.4, -0.2) is 73.4 Å². The van der Waals surface area contributed by atoms with E-state index < -0.39 is 11.4 Å². The molecule has 2 heterocycles. The second kappa shape index (κ2) is 5.33. The maximum atomic E-state index is 11.1. The average Bonchev–Trinajstić information content (AvgIpc) is 2.72. The summed E-state index contributed by atoms with van der Waals surface area (Å²) in [6, 6.07) is 0. The number of hydrogen-bond donors (Lipinski definition) is 1. The van der Waals surface area contributed by atoms with E-state index in [4.69, 9.17) is 9.84 Å². The highest BCUT2D eigenvalue weighted by Crippen LogP contribution is 2.29. The van der Waals surface area contributed by atoms with Crippen molar-refractivity contribution in [2.75, 3.05) is 52.5 Å². The van der Waals surface area contributed by atoms with Crippen molar-refractivity contribution in [1.29, 1.82) is 0 Å². The van der Waals surface area contributed by atoms with Gasteiger partial charge in [-0.05, 0) is 19.9 Å². The third-order valence-electron chi connectivity index (χ3n) is 3.90. The van der Waals surface area contributed by atoms with Crippen molar-refractivity contribution < 1.29 is 14.6 Å². The first kappa shape index (κ1) is 12.8. The number of carboxylic acid groups (broad SMARTS) is 1. The lowest BCUT2D eigenvalue weighted by atomic mass is 9.90. The molecule has 1 unspecified atom stereocenters. The van der Waals surface area contributed by atoms with Crippen LogP contribution in [0.15, 0.2) is 0 Å². The summed E-state index contributed by atoms with van der Waals surface area (Å²) in [5, 5.41) is 9.15. The fraction of sp³-hybridized carbons (Fsp3) is 0.917. The van der Waals surface area contributed by atoms with Crippen LogP contribution in [0.2, 0.25) is 0 Å². The Hall–Kier alpha value is -0.650. The highest BCUT2D eigenvalue weighted by Gasteiger charge is 2.40. The molecule has 2 aliphatic heterocycles. The van der Waals surface area contributed by atoms with Crippen molar-refractivity contribution >= 4 is 5.97 Å². The number of ether oxygens (including phenoxy) is 1. The largest absolute Gasteiger partial charge is 0.481 e. The van der Waals surface area contributed by atoms with Crippen LogP contribution >= 0.6 is 0 Å². The predicted molar refractivity (Wildman–Crippen MR) is 64.1 cm³/mol. The number of carboxylic acids is 1. The molecule has 2 saturated heterocycles. The Bertz CT molecular complexity index is 279. The predicted octanol–water partition coefficient (Wildman–Crippen LogP) is 0.115. The molecule has 17 heavy (non-hydrogen) atoms. The summed E-state index contributed by atoms with van der Waals surface area (Å²) in [7, 11) is 0. The summed E-state index contributed by atoms with van der Waals surface area (Å²) in [6.45, 7) is 9.11. The van der Waals surface area contributed by atoms with Crippen LogP contribution in [0.4, 0.5) is 0 Å². The molecule has 2 aliphatic rings. The summed E-state index contributed by atoms with van der Waals surface area (Å²) in [6.07, 6.45) is 0.769. The molecule has 0 radical (unpaired) electrons. The molecule has 0 aromatic rings. The Balaban J connectivity index is 1.72. The molecule has 2 rings (SSSR count). The zero-order valence-corrected chi connectivity index (χ0v) is 10.5. The summed E-state index contributed by atoms with van der Waals surface area (Å²) < 4.78 is 5.30. The van der Waals surface area contributed by atoms with Gasteiger partial charge in [-0.15, -0.1) is 0 Å². The van der Waals surface area contributed by atoms with Crippen LogP contribution < -0.4 is 0 Å². The average molecular weight is 242 g/mol. The third kappa shape index (κ3) is 3.18. The van der Waals surface area contributed by atoms with Crippen molar-refractivity contribution in [3.63, 3.8) is 0 Å². The molecule has 1 N–H and O–H groups in total. The summed E-state index contributed by atoms with van der Waals surface area (Å²) >= 11 is 0. The van der Waals surface area contributed by atoms with Crippen molar-refractivity contribution in [2.45, 2.75) is 13.3 Å². The monoisotopic (exact) mass is 242 g/mol.